The van der Waals surface area contributed by atoms with Crippen molar-refractivity contribution in [1.29, 1.82) is 0 Å². The Balaban J connectivity index is 1.98. The van der Waals surface area contributed by atoms with Crippen LogP contribution in [0.1, 0.15) is 68.8 Å². The summed E-state index contributed by atoms with van der Waals surface area (Å²) in [5.74, 6) is 7.68. The number of nitrogens with two attached hydrogens (primary N) is 1. The molecule has 0 amide bonds. The molecule has 3 rings (SSSR count). The van der Waals surface area contributed by atoms with Gasteiger partial charge in [0.25, 0.3) is 0 Å². The molecule has 2 aliphatic carbocycles. The van der Waals surface area contributed by atoms with Crippen LogP contribution < -0.4 is 11.3 Å². The van der Waals surface area contributed by atoms with Crippen LogP contribution in [0, 0.1) is 0 Å². The first-order valence-electron chi connectivity index (χ1n) is 7.69. The first-order chi connectivity index (χ1) is 9.77. The molecular weight excluding hydrogens is 252 g/mol. The molecule has 1 aromatic rings. The van der Waals surface area contributed by atoms with E-state index in [4.69, 9.17) is 15.6 Å². The summed E-state index contributed by atoms with van der Waals surface area (Å²) in [5, 5.41) is 0. The molecule has 0 unspecified atom stereocenters. The summed E-state index contributed by atoms with van der Waals surface area (Å²) < 4.78 is 5.91. The van der Waals surface area contributed by atoms with E-state index in [-0.39, 0.29) is 5.60 Å². The van der Waals surface area contributed by atoms with Crippen LogP contribution in [0.4, 0.5) is 5.82 Å². The van der Waals surface area contributed by atoms with Gasteiger partial charge in [-0.2, -0.15) is 0 Å². The first-order valence-corrected chi connectivity index (χ1v) is 7.69. The summed E-state index contributed by atoms with van der Waals surface area (Å²) >= 11 is 0. The Morgan fingerprint density at radius 2 is 1.90 bits per heavy atom. The Hall–Kier alpha value is -1.20. The van der Waals surface area contributed by atoms with Crippen molar-refractivity contribution in [2.45, 2.75) is 62.9 Å². The zero-order chi connectivity index (χ0) is 14.0. The molecule has 5 heteroatoms. The van der Waals surface area contributed by atoms with Gasteiger partial charge in [0.15, 0.2) is 5.82 Å². The Morgan fingerprint density at radius 3 is 2.45 bits per heavy atom. The van der Waals surface area contributed by atoms with Crippen molar-refractivity contribution < 1.29 is 4.74 Å². The largest absolute Gasteiger partial charge is 0.370 e. The first kappa shape index (κ1) is 13.8. The molecule has 0 bridgehead atoms. The molecular formula is C15H24N4O. The normalized spacial score (nSPS) is 22.3. The molecule has 0 spiro atoms. The maximum absolute atomic E-state index is 5.91. The van der Waals surface area contributed by atoms with E-state index in [2.05, 4.69) is 10.4 Å². The van der Waals surface area contributed by atoms with Gasteiger partial charge in [0.2, 0.25) is 0 Å². The van der Waals surface area contributed by atoms with Gasteiger partial charge >= 0.3 is 0 Å². The van der Waals surface area contributed by atoms with Crippen LogP contribution in [0.3, 0.4) is 0 Å². The molecule has 0 aromatic carbocycles. The number of aromatic nitrogens is 2. The minimum atomic E-state index is -0.326. The predicted octanol–water partition coefficient (Wildman–Crippen LogP) is 2.84. The lowest BCUT2D eigenvalue weighted by Crippen LogP contribution is -2.31. The van der Waals surface area contributed by atoms with Crippen LogP contribution in [0.5, 0.6) is 0 Å². The number of anilines is 1. The Labute approximate surface area is 120 Å². The van der Waals surface area contributed by atoms with E-state index in [0.29, 0.717) is 11.7 Å². The monoisotopic (exact) mass is 276 g/mol. The summed E-state index contributed by atoms with van der Waals surface area (Å²) in [4.78, 5) is 9.42. The van der Waals surface area contributed by atoms with Gasteiger partial charge in [-0.25, -0.2) is 15.8 Å². The number of hydrazine groups is 1. The van der Waals surface area contributed by atoms with E-state index >= 15 is 0 Å². The number of nitrogens with one attached hydrogen (secondary N) is 1. The highest BCUT2D eigenvalue weighted by atomic mass is 16.5. The highest BCUT2D eigenvalue weighted by molar-refractivity contribution is 5.37. The van der Waals surface area contributed by atoms with Gasteiger partial charge in [-0.05, 0) is 25.7 Å². The van der Waals surface area contributed by atoms with Crippen LogP contribution in [-0.4, -0.2) is 17.1 Å². The van der Waals surface area contributed by atoms with Crippen molar-refractivity contribution in [3.8, 4) is 0 Å². The van der Waals surface area contributed by atoms with Crippen molar-refractivity contribution >= 4 is 5.82 Å². The fourth-order valence-corrected chi connectivity index (χ4v) is 3.15. The van der Waals surface area contributed by atoms with E-state index in [1.165, 1.54) is 38.5 Å². The smallest absolute Gasteiger partial charge is 0.162 e. The van der Waals surface area contributed by atoms with Crippen LogP contribution in [0.25, 0.3) is 0 Å². The standard InChI is InChI=1S/C15H24N4O/c1-20-15(8-4-2-3-5-9-15)14-17-12(11-6-7-11)10-13(18-14)19-16/h10-11H,2-9,16H2,1H3,(H,17,18,19). The molecule has 0 aliphatic heterocycles. The number of nitrogen functional groups attached to an aromatic ring is 1. The van der Waals surface area contributed by atoms with Crippen LogP contribution in [-0.2, 0) is 10.3 Å². The van der Waals surface area contributed by atoms with Gasteiger partial charge < -0.3 is 10.2 Å². The molecule has 2 fully saturated rings. The summed E-state index contributed by atoms with van der Waals surface area (Å²) in [6.07, 6.45) is 9.35. The number of rotatable bonds is 4. The summed E-state index contributed by atoms with van der Waals surface area (Å²) in [5.41, 5.74) is 3.47. The van der Waals surface area contributed by atoms with Gasteiger partial charge in [-0.3, -0.25) is 0 Å². The molecule has 3 N–H and O–H groups in total. The zero-order valence-electron chi connectivity index (χ0n) is 12.2. The minimum absolute atomic E-state index is 0.326. The second kappa shape index (κ2) is 5.66. The molecule has 0 radical (unpaired) electrons. The maximum atomic E-state index is 5.91. The predicted molar refractivity (Wildman–Crippen MR) is 78.2 cm³/mol. The van der Waals surface area contributed by atoms with Crippen LogP contribution >= 0.6 is 0 Å². The van der Waals surface area contributed by atoms with Gasteiger partial charge in [0.1, 0.15) is 11.4 Å². The van der Waals surface area contributed by atoms with Crippen molar-refractivity contribution in [2.75, 3.05) is 12.5 Å². The average Bonchev–Trinajstić information content (AvgIpc) is 3.33. The van der Waals surface area contributed by atoms with Gasteiger partial charge in [-0.1, -0.05) is 25.7 Å². The summed E-state index contributed by atoms with van der Waals surface area (Å²) in [7, 11) is 1.79. The lowest BCUT2D eigenvalue weighted by molar-refractivity contribution is -0.0352. The quantitative estimate of drug-likeness (QED) is 0.502. The third-order valence-corrected chi connectivity index (χ3v) is 4.60. The molecule has 2 saturated carbocycles. The van der Waals surface area contributed by atoms with E-state index < -0.39 is 0 Å². The van der Waals surface area contributed by atoms with E-state index in [1.807, 2.05) is 6.07 Å². The SMILES string of the molecule is COC1(c2nc(NN)cc(C3CC3)n2)CCCCCC1. The highest BCUT2D eigenvalue weighted by Gasteiger charge is 2.37. The van der Waals surface area contributed by atoms with E-state index in [0.717, 1.165) is 24.4 Å². The van der Waals surface area contributed by atoms with Crippen LogP contribution in [0.2, 0.25) is 0 Å². The molecule has 20 heavy (non-hydrogen) atoms. The average molecular weight is 276 g/mol. The maximum Gasteiger partial charge on any atom is 0.162 e. The second-order valence-electron chi connectivity index (χ2n) is 6.03. The molecule has 5 nitrogen and oxygen atoms in total. The summed E-state index contributed by atoms with van der Waals surface area (Å²) in [6.45, 7) is 0. The molecule has 0 saturated heterocycles. The van der Waals surface area contributed by atoms with Gasteiger partial charge in [-0.15, -0.1) is 0 Å². The molecule has 1 heterocycles. The molecule has 110 valence electrons. The Kier molecular flexibility index (Phi) is 3.89. The Bertz CT molecular complexity index is 465. The van der Waals surface area contributed by atoms with E-state index in [9.17, 15) is 0 Å². The fraction of sp³-hybridized carbons (Fsp3) is 0.733. The van der Waals surface area contributed by atoms with Gasteiger partial charge in [0.05, 0.1) is 0 Å². The third kappa shape index (κ3) is 2.65. The zero-order valence-corrected chi connectivity index (χ0v) is 12.2. The lowest BCUT2D eigenvalue weighted by Gasteiger charge is -2.30. The number of methoxy groups -OCH3 is 1. The second-order valence-corrected chi connectivity index (χ2v) is 6.03. The van der Waals surface area contributed by atoms with Crippen molar-refractivity contribution in [3.63, 3.8) is 0 Å². The lowest BCUT2D eigenvalue weighted by atomic mass is 9.93. The number of hydrogen-bond acceptors (Lipinski definition) is 5. The number of ether oxygens (including phenoxy) is 1. The van der Waals surface area contributed by atoms with Crippen molar-refractivity contribution in [1.82, 2.24) is 9.97 Å². The third-order valence-electron chi connectivity index (χ3n) is 4.60. The molecule has 2 aliphatic rings. The number of hydrogen-bond donors (Lipinski definition) is 2. The van der Waals surface area contributed by atoms with Crippen LogP contribution in [0.15, 0.2) is 6.07 Å². The Morgan fingerprint density at radius 1 is 1.20 bits per heavy atom. The topological polar surface area (TPSA) is 73.1 Å². The summed E-state index contributed by atoms with van der Waals surface area (Å²) in [6, 6.07) is 1.97. The fourth-order valence-electron chi connectivity index (χ4n) is 3.15. The molecule has 1 aromatic heterocycles. The molecule has 0 atom stereocenters. The number of nitrogens with zero attached hydrogens (tertiary/aromatic N) is 2. The van der Waals surface area contributed by atoms with E-state index in [1.54, 1.807) is 7.11 Å². The van der Waals surface area contributed by atoms with Crippen molar-refractivity contribution in [3.05, 3.63) is 17.6 Å². The van der Waals surface area contributed by atoms with Crippen molar-refractivity contribution in [2.24, 2.45) is 5.84 Å². The minimum Gasteiger partial charge on any atom is -0.370 e. The highest BCUT2D eigenvalue weighted by Crippen LogP contribution is 2.42. The van der Waals surface area contributed by atoms with Gasteiger partial charge in [0, 0.05) is 24.8 Å².